The van der Waals surface area contributed by atoms with Crippen LogP contribution < -0.4 is 15.4 Å². The molecule has 1 aliphatic heterocycles. The van der Waals surface area contributed by atoms with E-state index >= 15 is 0 Å². The molecule has 2 aromatic rings. The Morgan fingerprint density at radius 3 is 2.95 bits per heavy atom. The van der Waals surface area contributed by atoms with Crippen molar-refractivity contribution in [2.24, 2.45) is 5.73 Å². The Hall–Kier alpha value is -2.56. The number of aryl methyl sites for hydroxylation is 1. The van der Waals surface area contributed by atoms with Gasteiger partial charge in [-0.05, 0) is 25.1 Å². The van der Waals surface area contributed by atoms with E-state index in [9.17, 15) is 0 Å². The average Bonchev–Trinajstić information content (AvgIpc) is 2.68. The van der Waals surface area contributed by atoms with Gasteiger partial charge in [-0.3, -0.25) is 5.41 Å². The number of hydrogen-bond acceptors (Lipinski definition) is 4. The molecular weight excluding hydrogens is 264 g/mol. The van der Waals surface area contributed by atoms with Gasteiger partial charge in [0.2, 0.25) is 0 Å². The quantitative estimate of drug-likeness (QED) is 0.653. The average molecular weight is 282 g/mol. The minimum atomic E-state index is 0.0632. The topological polar surface area (TPSA) is 75.2 Å². The van der Waals surface area contributed by atoms with Crippen LogP contribution in [0.4, 0.5) is 5.82 Å². The van der Waals surface area contributed by atoms with Crippen LogP contribution in [0.2, 0.25) is 0 Å². The molecule has 5 nitrogen and oxygen atoms in total. The highest BCUT2D eigenvalue weighted by Crippen LogP contribution is 2.25. The maximum Gasteiger partial charge on any atom is 0.129 e. The summed E-state index contributed by atoms with van der Waals surface area (Å²) in [6.45, 7) is 4.02. The molecule has 3 N–H and O–H groups in total. The Labute approximate surface area is 123 Å². The molecule has 0 aliphatic carbocycles. The number of nitrogens with two attached hydrogens (primary N) is 1. The van der Waals surface area contributed by atoms with Gasteiger partial charge in [0.25, 0.3) is 0 Å². The molecule has 1 aromatic carbocycles. The van der Waals surface area contributed by atoms with Crippen LogP contribution in [0.1, 0.15) is 16.8 Å². The molecule has 0 bridgehead atoms. The second-order valence-corrected chi connectivity index (χ2v) is 5.15. The lowest BCUT2D eigenvalue weighted by atomic mass is 10.1. The SMILES string of the molecule is Cc1cc(C(=N)N)cc(N2CCOc3ccccc3C2)n1. The van der Waals surface area contributed by atoms with Crippen LogP contribution in [0.5, 0.6) is 5.75 Å². The minimum absolute atomic E-state index is 0.0632. The monoisotopic (exact) mass is 282 g/mol. The van der Waals surface area contributed by atoms with E-state index in [0.29, 0.717) is 12.2 Å². The fourth-order valence-corrected chi connectivity index (χ4v) is 2.49. The number of nitrogens with zero attached hydrogens (tertiary/aromatic N) is 2. The molecule has 0 radical (unpaired) electrons. The zero-order chi connectivity index (χ0) is 14.8. The Bertz CT molecular complexity index is 684. The van der Waals surface area contributed by atoms with Crippen LogP contribution >= 0.6 is 0 Å². The summed E-state index contributed by atoms with van der Waals surface area (Å²) >= 11 is 0. The first-order valence-electron chi connectivity index (χ1n) is 6.92. The highest BCUT2D eigenvalue weighted by Gasteiger charge is 2.17. The van der Waals surface area contributed by atoms with E-state index in [0.717, 1.165) is 35.9 Å². The molecule has 2 heterocycles. The number of fused-ring (bicyclic) bond motifs is 1. The molecule has 0 amide bonds. The summed E-state index contributed by atoms with van der Waals surface area (Å²) in [5.41, 5.74) is 8.30. The summed E-state index contributed by atoms with van der Waals surface area (Å²) in [6, 6.07) is 11.7. The van der Waals surface area contributed by atoms with E-state index < -0.39 is 0 Å². The molecule has 3 rings (SSSR count). The van der Waals surface area contributed by atoms with E-state index in [-0.39, 0.29) is 5.84 Å². The van der Waals surface area contributed by atoms with Gasteiger partial charge < -0.3 is 15.4 Å². The lowest BCUT2D eigenvalue weighted by Gasteiger charge is -2.22. The number of ether oxygens (including phenoxy) is 1. The fraction of sp³-hybridized carbons (Fsp3) is 0.250. The van der Waals surface area contributed by atoms with Crippen LogP contribution in [0.3, 0.4) is 0 Å². The van der Waals surface area contributed by atoms with E-state index in [1.54, 1.807) is 0 Å². The van der Waals surface area contributed by atoms with Crippen molar-refractivity contribution in [3.8, 4) is 5.75 Å². The van der Waals surface area contributed by atoms with Gasteiger partial charge in [-0.15, -0.1) is 0 Å². The molecule has 1 aliphatic rings. The van der Waals surface area contributed by atoms with Crippen LogP contribution in [0.15, 0.2) is 36.4 Å². The van der Waals surface area contributed by atoms with Gasteiger partial charge in [-0.1, -0.05) is 18.2 Å². The molecule has 0 saturated heterocycles. The van der Waals surface area contributed by atoms with Crippen LogP contribution in [-0.4, -0.2) is 24.0 Å². The summed E-state index contributed by atoms with van der Waals surface area (Å²) in [5, 5.41) is 7.61. The molecule has 0 fully saturated rings. The van der Waals surface area contributed by atoms with Gasteiger partial charge in [-0.2, -0.15) is 0 Å². The first-order valence-corrected chi connectivity index (χ1v) is 6.92. The van der Waals surface area contributed by atoms with E-state index in [1.165, 1.54) is 0 Å². The van der Waals surface area contributed by atoms with Crippen molar-refractivity contribution in [3.05, 3.63) is 53.2 Å². The zero-order valence-corrected chi connectivity index (χ0v) is 12.0. The van der Waals surface area contributed by atoms with Crippen LogP contribution in [0, 0.1) is 12.3 Å². The van der Waals surface area contributed by atoms with Crippen LogP contribution in [-0.2, 0) is 6.54 Å². The third-order valence-electron chi connectivity index (χ3n) is 3.53. The summed E-state index contributed by atoms with van der Waals surface area (Å²) in [4.78, 5) is 6.73. The van der Waals surface area contributed by atoms with Gasteiger partial charge >= 0.3 is 0 Å². The van der Waals surface area contributed by atoms with Crippen LogP contribution in [0.25, 0.3) is 0 Å². The van der Waals surface area contributed by atoms with Gasteiger partial charge in [-0.25, -0.2) is 4.98 Å². The third-order valence-corrected chi connectivity index (χ3v) is 3.53. The number of pyridine rings is 1. The number of rotatable bonds is 2. The van der Waals surface area contributed by atoms with Crippen molar-refractivity contribution in [1.29, 1.82) is 5.41 Å². The Morgan fingerprint density at radius 1 is 1.33 bits per heavy atom. The van der Waals surface area contributed by atoms with E-state index in [2.05, 4.69) is 16.0 Å². The zero-order valence-electron chi connectivity index (χ0n) is 12.0. The molecule has 21 heavy (non-hydrogen) atoms. The summed E-state index contributed by atoms with van der Waals surface area (Å²) in [6.07, 6.45) is 0. The van der Waals surface area contributed by atoms with E-state index in [4.69, 9.17) is 15.9 Å². The Morgan fingerprint density at radius 2 is 2.14 bits per heavy atom. The predicted molar refractivity (Wildman–Crippen MR) is 83.0 cm³/mol. The van der Waals surface area contributed by atoms with Gasteiger partial charge in [0, 0.05) is 23.4 Å². The fourth-order valence-electron chi connectivity index (χ4n) is 2.49. The molecule has 0 spiro atoms. The second-order valence-electron chi connectivity index (χ2n) is 5.15. The standard InChI is InChI=1S/C16H18N4O/c1-11-8-13(16(17)18)9-15(19-11)20-6-7-21-14-5-3-2-4-12(14)10-20/h2-5,8-9H,6-7,10H2,1H3,(H3,17,18). The number of nitrogens with one attached hydrogen (secondary N) is 1. The smallest absolute Gasteiger partial charge is 0.129 e. The lowest BCUT2D eigenvalue weighted by molar-refractivity contribution is 0.331. The molecular formula is C16H18N4O. The minimum Gasteiger partial charge on any atom is -0.491 e. The molecule has 0 atom stereocenters. The Balaban J connectivity index is 1.95. The van der Waals surface area contributed by atoms with Gasteiger partial charge in [0.15, 0.2) is 0 Å². The maximum atomic E-state index is 7.61. The number of para-hydroxylation sites is 1. The lowest BCUT2D eigenvalue weighted by Crippen LogP contribution is -2.27. The summed E-state index contributed by atoms with van der Waals surface area (Å²) < 4.78 is 5.77. The van der Waals surface area contributed by atoms with Gasteiger partial charge in [0.1, 0.15) is 24.0 Å². The van der Waals surface area contributed by atoms with Crippen molar-refractivity contribution < 1.29 is 4.74 Å². The normalized spacial score (nSPS) is 14.0. The maximum absolute atomic E-state index is 7.61. The highest BCUT2D eigenvalue weighted by atomic mass is 16.5. The number of hydrogen-bond donors (Lipinski definition) is 2. The number of aromatic nitrogens is 1. The molecule has 108 valence electrons. The molecule has 1 aromatic heterocycles. The third kappa shape index (κ3) is 2.81. The Kier molecular flexibility index (Phi) is 3.48. The molecule has 0 saturated carbocycles. The van der Waals surface area contributed by atoms with Gasteiger partial charge in [0.05, 0.1) is 6.54 Å². The number of benzene rings is 1. The second kappa shape index (κ2) is 5.44. The van der Waals surface area contributed by atoms with E-state index in [1.807, 2.05) is 37.3 Å². The van der Waals surface area contributed by atoms with Crippen molar-refractivity contribution in [1.82, 2.24) is 4.98 Å². The van der Waals surface area contributed by atoms with Crippen molar-refractivity contribution >= 4 is 11.7 Å². The first kappa shape index (κ1) is 13.4. The summed E-state index contributed by atoms with van der Waals surface area (Å²) in [5.74, 6) is 1.83. The van der Waals surface area contributed by atoms with Crippen molar-refractivity contribution in [2.45, 2.75) is 13.5 Å². The number of nitrogen functional groups attached to an aromatic ring is 1. The largest absolute Gasteiger partial charge is 0.491 e. The molecule has 5 heteroatoms. The predicted octanol–water partition coefficient (Wildman–Crippen LogP) is 2.07. The highest BCUT2D eigenvalue weighted by molar-refractivity contribution is 5.95. The summed E-state index contributed by atoms with van der Waals surface area (Å²) in [7, 11) is 0. The van der Waals surface area contributed by atoms with Crippen molar-refractivity contribution in [2.75, 3.05) is 18.1 Å². The van der Waals surface area contributed by atoms with Crippen molar-refractivity contribution in [3.63, 3.8) is 0 Å². The number of anilines is 1. The molecule has 0 unspecified atom stereocenters. The number of amidine groups is 1. The first-order chi connectivity index (χ1) is 10.1.